The summed E-state index contributed by atoms with van der Waals surface area (Å²) in [6, 6.07) is 8.57. The van der Waals surface area contributed by atoms with Gasteiger partial charge in [-0.15, -0.1) is 0 Å². The van der Waals surface area contributed by atoms with Gasteiger partial charge in [-0.3, -0.25) is 0 Å². The molecule has 0 amide bonds. The topological polar surface area (TPSA) is 17.8 Å². The lowest BCUT2D eigenvalue weighted by Gasteiger charge is -2.17. The Kier molecular flexibility index (Phi) is 1.30. The number of hydrogen-bond donors (Lipinski definition) is 0. The number of imidazole rings is 1. The number of fused-ring (bicyclic) bond motifs is 2. The zero-order valence-corrected chi connectivity index (χ0v) is 7.27. The molecule has 2 nitrogen and oxygen atoms in total. The first-order valence-electron chi connectivity index (χ1n) is 4.50. The van der Waals surface area contributed by atoms with Gasteiger partial charge < -0.3 is 4.57 Å². The van der Waals surface area contributed by atoms with Crippen LogP contribution in [0.15, 0.2) is 36.7 Å². The van der Waals surface area contributed by atoms with Crippen molar-refractivity contribution >= 4 is 0 Å². The molecule has 0 radical (unpaired) electrons. The van der Waals surface area contributed by atoms with Crippen molar-refractivity contribution in [3.63, 3.8) is 0 Å². The van der Waals surface area contributed by atoms with Gasteiger partial charge in [0, 0.05) is 25.4 Å². The highest BCUT2D eigenvalue weighted by Crippen LogP contribution is 2.20. The van der Waals surface area contributed by atoms with Gasteiger partial charge in [0.2, 0.25) is 0 Å². The maximum Gasteiger partial charge on any atom is 0.113 e. The molecule has 0 saturated heterocycles. The van der Waals surface area contributed by atoms with Gasteiger partial charge in [0.05, 0.1) is 0 Å². The predicted molar refractivity (Wildman–Crippen MR) is 50.6 cm³/mol. The fourth-order valence-corrected chi connectivity index (χ4v) is 1.89. The quantitative estimate of drug-likeness (QED) is 0.503. The van der Waals surface area contributed by atoms with E-state index in [1.807, 2.05) is 12.4 Å². The van der Waals surface area contributed by atoms with E-state index in [2.05, 4.69) is 33.8 Å². The van der Waals surface area contributed by atoms with Crippen LogP contribution in [0.25, 0.3) is 0 Å². The molecule has 0 fully saturated rings. The third-order valence-electron chi connectivity index (χ3n) is 2.61. The van der Waals surface area contributed by atoms with E-state index < -0.39 is 0 Å². The van der Waals surface area contributed by atoms with Crippen molar-refractivity contribution in [1.29, 1.82) is 0 Å². The lowest BCUT2D eigenvalue weighted by molar-refractivity contribution is 0.701. The molecule has 0 N–H and O–H groups in total. The van der Waals surface area contributed by atoms with Crippen LogP contribution in [0.4, 0.5) is 0 Å². The van der Waals surface area contributed by atoms with Gasteiger partial charge in [-0.25, -0.2) is 4.98 Å². The van der Waals surface area contributed by atoms with Crippen molar-refractivity contribution in [2.24, 2.45) is 0 Å². The number of nitrogens with zero attached hydrogens (tertiary/aromatic N) is 2. The molecule has 1 aliphatic rings. The molecule has 1 aromatic carbocycles. The summed E-state index contributed by atoms with van der Waals surface area (Å²) in [6.45, 7) is 0.978. The van der Waals surface area contributed by atoms with Crippen molar-refractivity contribution < 1.29 is 0 Å². The van der Waals surface area contributed by atoms with E-state index in [0.717, 1.165) is 13.0 Å². The lowest BCUT2D eigenvalue weighted by atomic mass is 10.0. The lowest BCUT2D eigenvalue weighted by Crippen LogP contribution is -2.13. The number of hydrogen-bond acceptors (Lipinski definition) is 1. The Hall–Kier alpha value is -1.57. The minimum atomic E-state index is 0.975. The van der Waals surface area contributed by atoms with Crippen LogP contribution >= 0.6 is 0 Å². The Morgan fingerprint density at radius 2 is 2.00 bits per heavy atom. The molecule has 2 aromatic rings. The molecule has 0 atom stereocenters. The third kappa shape index (κ3) is 0.985. The molecule has 1 aromatic heterocycles. The highest BCUT2D eigenvalue weighted by atomic mass is 15.1. The molecule has 64 valence electrons. The average molecular weight is 170 g/mol. The normalized spacial score (nSPS) is 13.5. The summed E-state index contributed by atoms with van der Waals surface area (Å²) < 4.78 is 2.21. The summed E-state index contributed by atoms with van der Waals surface area (Å²) in [7, 11) is 0. The Bertz CT molecular complexity index is 403. The third-order valence-corrected chi connectivity index (χ3v) is 2.61. The molecular formula is C11H10N2. The predicted octanol–water partition coefficient (Wildman–Crippen LogP) is 1.84. The van der Waals surface area contributed by atoms with Gasteiger partial charge in [-0.1, -0.05) is 24.3 Å². The average Bonchev–Trinajstić information content (AvgIpc) is 2.61. The van der Waals surface area contributed by atoms with Crippen molar-refractivity contribution in [1.82, 2.24) is 9.55 Å². The first-order chi connectivity index (χ1) is 6.43. The Morgan fingerprint density at radius 3 is 2.92 bits per heavy atom. The summed E-state index contributed by atoms with van der Waals surface area (Å²) in [5.41, 5.74) is 2.84. The van der Waals surface area contributed by atoms with E-state index in [-0.39, 0.29) is 0 Å². The van der Waals surface area contributed by atoms with Gasteiger partial charge in [-0.05, 0) is 11.1 Å². The van der Waals surface area contributed by atoms with Crippen LogP contribution in [0.3, 0.4) is 0 Å². The molecule has 3 rings (SSSR count). The van der Waals surface area contributed by atoms with Crippen molar-refractivity contribution in [2.75, 3.05) is 0 Å². The molecule has 2 heteroatoms. The van der Waals surface area contributed by atoms with Crippen LogP contribution in [0.1, 0.15) is 17.0 Å². The van der Waals surface area contributed by atoms with Gasteiger partial charge in [0.25, 0.3) is 0 Å². The van der Waals surface area contributed by atoms with Crippen LogP contribution in [0.5, 0.6) is 0 Å². The van der Waals surface area contributed by atoms with E-state index in [4.69, 9.17) is 0 Å². The highest BCUT2D eigenvalue weighted by molar-refractivity contribution is 5.33. The smallest absolute Gasteiger partial charge is 0.113 e. The van der Waals surface area contributed by atoms with Crippen molar-refractivity contribution in [3.05, 3.63) is 53.6 Å². The number of benzene rings is 1. The van der Waals surface area contributed by atoms with Gasteiger partial charge in [-0.2, -0.15) is 0 Å². The zero-order chi connectivity index (χ0) is 8.67. The number of aromatic nitrogens is 2. The Balaban J connectivity index is 2.14. The Labute approximate surface area is 76.9 Å². The fourth-order valence-electron chi connectivity index (χ4n) is 1.89. The molecule has 0 bridgehead atoms. The monoisotopic (exact) mass is 170 g/mol. The zero-order valence-electron chi connectivity index (χ0n) is 7.27. The number of rotatable bonds is 0. The van der Waals surface area contributed by atoms with Crippen LogP contribution in [-0.4, -0.2) is 9.55 Å². The second-order valence-electron chi connectivity index (χ2n) is 3.42. The summed E-state index contributed by atoms with van der Waals surface area (Å²) in [4.78, 5) is 4.32. The van der Waals surface area contributed by atoms with E-state index in [1.54, 1.807) is 0 Å². The molecule has 0 unspecified atom stereocenters. The second kappa shape index (κ2) is 2.46. The first kappa shape index (κ1) is 6.89. The van der Waals surface area contributed by atoms with Crippen molar-refractivity contribution in [3.8, 4) is 0 Å². The second-order valence-corrected chi connectivity index (χ2v) is 3.42. The van der Waals surface area contributed by atoms with Gasteiger partial charge >= 0.3 is 0 Å². The summed E-state index contributed by atoms with van der Waals surface area (Å²) in [6.07, 6.45) is 4.90. The molecule has 0 spiro atoms. The molecule has 1 aliphatic heterocycles. The van der Waals surface area contributed by atoms with Crippen LogP contribution < -0.4 is 0 Å². The molecule has 0 aliphatic carbocycles. The van der Waals surface area contributed by atoms with Crippen LogP contribution in [0, 0.1) is 0 Å². The molecule has 2 heterocycles. The van der Waals surface area contributed by atoms with E-state index in [0.29, 0.717) is 0 Å². The van der Waals surface area contributed by atoms with Crippen LogP contribution in [0.2, 0.25) is 0 Å². The Morgan fingerprint density at radius 1 is 1.15 bits per heavy atom. The minimum Gasteiger partial charge on any atom is -0.330 e. The fraction of sp³-hybridized carbons (Fsp3) is 0.182. The molecular weight excluding hydrogens is 160 g/mol. The van der Waals surface area contributed by atoms with Crippen molar-refractivity contribution in [2.45, 2.75) is 13.0 Å². The van der Waals surface area contributed by atoms with Crippen LogP contribution in [-0.2, 0) is 13.0 Å². The van der Waals surface area contributed by atoms with E-state index in [9.17, 15) is 0 Å². The SMILES string of the molecule is c1ccc2c(c1)Cc1nccn1C2. The standard InChI is InChI=1S/C11H10N2/c1-2-4-10-8-13-6-5-12-11(13)7-9(10)3-1/h1-6H,7-8H2. The van der Waals surface area contributed by atoms with E-state index in [1.165, 1.54) is 17.0 Å². The van der Waals surface area contributed by atoms with E-state index >= 15 is 0 Å². The largest absolute Gasteiger partial charge is 0.330 e. The summed E-state index contributed by atoms with van der Waals surface area (Å²) in [5.74, 6) is 1.18. The molecule has 0 saturated carbocycles. The molecule has 13 heavy (non-hydrogen) atoms. The van der Waals surface area contributed by atoms with Gasteiger partial charge in [0.1, 0.15) is 5.82 Å². The van der Waals surface area contributed by atoms with Gasteiger partial charge in [0.15, 0.2) is 0 Å². The highest BCUT2D eigenvalue weighted by Gasteiger charge is 2.13. The summed E-state index contributed by atoms with van der Waals surface area (Å²) in [5, 5.41) is 0. The first-order valence-corrected chi connectivity index (χ1v) is 4.50. The maximum absolute atomic E-state index is 4.32. The maximum atomic E-state index is 4.32. The minimum absolute atomic E-state index is 0.975. The summed E-state index contributed by atoms with van der Waals surface area (Å²) >= 11 is 0.